The molecule has 2 rings (SSSR count). The molecule has 0 saturated carbocycles. The first kappa shape index (κ1) is 12.9. The molecule has 18 heavy (non-hydrogen) atoms. The van der Waals surface area contributed by atoms with Crippen molar-refractivity contribution in [3.05, 3.63) is 41.4 Å². The van der Waals surface area contributed by atoms with E-state index >= 15 is 0 Å². The van der Waals surface area contributed by atoms with Gasteiger partial charge in [-0.1, -0.05) is 17.7 Å². The molecule has 0 spiro atoms. The second-order valence-electron chi connectivity index (χ2n) is 3.98. The summed E-state index contributed by atoms with van der Waals surface area (Å²) in [6.07, 6.45) is 2.89. The van der Waals surface area contributed by atoms with Crippen LogP contribution in [0, 0.1) is 0 Å². The van der Waals surface area contributed by atoms with Gasteiger partial charge in [-0.2, -0.15) is 0 Å². The van der Waals surface area contributed by atoms with Crippen molar-refractivity contribution >= 4 is 23.3 Å². The Kier molecular flexibility index (Phi) is 3.89. The Morgan fingerprint density at radius 2 is 2.00 bits per heavy atom. The molecule has 96 valence electrons. The van der Waals surface area contributed by atoms with Crippen LogP contribution in [0.4, 0.5) is 5.69 Å². The Balaban J connectivity index is 2.20. The van der Waals surface area contributed by atoms with E-state index in [1.807, 2.05) is 25.1 Å². The van der Waals surface area contributed by atoms with Gasteiger partial charge in [-0.15, -0.1) is 0 Å². The molecule has 0 bridgehead atoms. The van der Waals surface area contributed by atoms with E-state index in [1.54, 1.807) is 23.3 Å². The largest absolute Gasteiger partial charge is 0.467 e. The van der Waals surface area contributed by atoms with Crippen LogP contribution in [0.1, 0.15) is 6.92 Å². The predicted molar refractivity (Wildman–Crippen MR) is 69.4 cm³/mol. The normalized spacial score (nSPS) is 22.9. The average Bonchev–Trinajstić information content (AvgIpc) is 2.39. The topological polar surface area (TPSA) is 38.8 Å². The van der Waals surface area contributed by atoms with Crippen LogP contribution in [0.5, 0.6) is 0 Å². The molecule has 0 radical (unpaired) electrons. The maximum atomic E-state index is 11.5. The number of rotatable bonds is 2. The lowest BCUT2D eigenvalue weighted by molar-refractivity contribution is -0.152. The molecule has 1 aliphatic heterocycles. The molecule has 2 unspecified atom stereocenters. The maximum absolute atomic E-state index is 11.5. The van der Waals surface area contributed by atoms with E-state index in [0.717, 1.165) is 5.69 Å². The lowest BCUT2D eigenvalue weighted by Gasteiger charge is -2.33. The van der Waals surface area contributed by atoms with Crippen molar-refractivity contribution in [3.63, 3.8) is 0 Å². The smallest absolute Gasteiger partial charge is 0.341 e. The number of hydroxylamine groups is 1. The van der Waals surface area contributed by atoms with Gasteiger partial charge >= 0.3 is 5.97 Å². The van der Waals surface area contributed by atoms with Crippen molar-refractivity contribution in [3.8, 4) is 0 Å². The van der Waals surface area contributed by atoms with Crippen molar-refractivity contribution in [2.45, 2.75) is 19.1 Å². The molecule has 0 aliphatic carbocycles. The fraction of sp³-hybridized carbons (Fsp3) is 0.308. The minimum Gasteiger partial charge on any atom is -0.467 e. The monoisotopic (exact) mass is 267 g/mol. The summed E-state index contributed by atoms with van der Waals surface area (Å²) in [5.74, 6) is -0.419. The molecule has 0 aromatic heterocycles. The molecule has 1 aromatic carbocycles. The third-order valence-electron chi connectivity index (χ3n) is 2.68. The molecule has 0 saturated heterocycles. The second-order valence-corrected chi connectivity index (χ2v) is 4.41. The van der Waals surface area contributed by atoms with Gasteiger partial charge in [0.2, 0.25) is 6.10 Å². The highest BCUT2D eigenvalue weighted by Crippen LogP contribution is 2.24. The molecule has 0 amide bonds. The van der Waals surface area contributed by atoms with Gasteiger partial charge in [-0.3, -0.25) is 4.84 Å². The van der Waals surface area contributed by atoms with Gasteiger partial charge in [-0.05, 0) is 37.3 Å². The highest BCUT2D eigenvalue weighted by molar-refractivity contribution is 6.30. The van der Waals surface area contributed by atoms with Gasteiger partial charge < -0.3 is 4.74 Å². The van der Waals surface area contributed by atoms with E-state index in [0.29, 0.717) is 5.02 Å². The summed E-state index contributed by atoms with van der Waals surface area (Å²) < 4.78 is 4.67. The highest BCUT2D eigenvalue weighted by Gasteiger charge is 2.27. The van der Waals surface area contributed by atoms with Gasteiger partial charge in [0.05, 0.1) is 18.8 Å². The first-order valence-corrected chi connectivity index (χ1v) is 5.97. The average molecular weight is 268 g/mol. The summed E-state index contributed by atoms with van der Waals surface area (Å²) in [5, 5.41) is 2.32. The molecule has 4 nitrogen and oxygen atoms in total. The number of esters is 1. The molecule has 1 heterocycles. The first-order valence-electron chi connectivity index (χ1n) is 5.59. The SMILES string of the molecule is COC(=O)C1C=CC(C)N(c2ccc(Cl)cc2)O1. The minimum absolute atomic E-state index is 0.0343. The number of ether oxygens (including phenoxy) is 1. The number of benzene rings is 1. The Morgan fingerprint density at radius 1 is 1.33 bits per heavy atom. The van der Waals surface area contributed by atoms with E-state index in [1.165, 1.54) is 7.11 Å². The molecular formula is C13H14ClNO3. The molecule has 2 atom stereocenters. The third-order valence-corrected chi connectivity index (χ3v) is 2.93. The number of anilines is 1. The zero-order valence-electron chi connectivity index (χ0n) is 10.2. The zero-order chi connectivity index (χ0) is 13.1. The van der Waals surface area contributed by atoms with Crippen molar-refractivity contribution in [2.75, 3.05) is 12.2 Å². The van der Waals surface area contributed by atoms with Crippen LogP contribution in [0.15, 0.2) is 36.4 Å². The number of halogens is 1. The minimum atomic E-state index is -0.707. The standard InChI is InChI=1S/C13H14ClNO3/c1-9-3-8-12(13(16)17-2)18-15(9)11-6-4-10(14)5-7-11/h3-9,12H,1-2H3. The summed E-state index contributed by atoms with van der Waals surface area (Å²) in [4.78, 5) is 17.1. The van der Waals surface area contributed by atoms with Crippen LogP contribution in [0.25, 0.3) is 0 Å². The summed E-state index contributed by atoms with van der Waals surface area (Å²) >= 11 is 5.84. The Labute approximate surface area is 111 Å². The molecule has 5 heteroatoms. The number of hydrogen-bond donors (Lipinski definition) is 0. The number of carbonyl (C=O) groups excluding carboxylic acids is 1. The second kappa shape index (κ2) is 5.42. The summed E-state index contributed by atoms with van der Waals surface area (Å²) in [7, 11) is 1.34. The van der Waals surface area contributed by atoms with Crippen molar-refractivity contribution in [1.82, 2.24) is 0 Å². The number of nitrogens with zero attached hydrogens (tertiary/aromatic N) is 1. The lowest BCUT2D eigenvalue weighted by atomic mass is 10.2. The fourth-order valence-electron chi connectivity index (χ4n) is 1.72. The Hall–Kier alpha value is -1.52. The fourth-order valence-corrected chi connectivity index (χ4v) is 1.84. The van der Waals surface area contributed by atoms with Gasteiger partial charge in [0.25, 0.3) is 0 Å². The van der Waals surface area contributed by atoms with Gasteiger partial charge in [0, 0.05) is 5.02 Å². The van der Waals surface area contributed by atoms with Gasteiger partial charge in [-0.25, -0.2) is 9.86 Å². The molecule has 1 aromatic rings. The predicted octanol–water partition coefficient (Wildman–Crippen LogP) is 2.58. The summed E-state index contributed by atoms with van der Waals surface area (Å²) in [6.45, 7) is 1.97. The number of methoxy groups -OCH3 is 1. The van der Waals surface area contributed by atoms with Crippen molar-refractivity contribution < 1.29 is 14.4 Å². The molecule has 0 fully saturated rings. The molecule has 0 N–H and O–H groups in total. The summed E-state index contributed by atoms with van der Waals surface area (Å²) in [5.41, 5.74) is 0.838. The zero-order valence-corrected chi connectivity index (χ0v) is 10.9. The van der Waals surface area contributed by atoms with Crippen LogP contribution in [0.3, 0.4) is 0 Å². The quantitative estimate of drug-likeness (QED) is 0.610. The van der Waals surface area contributed by atoms with Crippen LogP contribution in [-0.2, 0) is 14.4 Å². The van der Waals surface area contributed by atoms with E-state index in [-0.39, 0.29) is 6.04 Å². The summed E-state index contributed by atoms with van der Waals surface area (Å²) in [6, 6.07) is 7.27. The first-order chi connectivity index (χ1) is 8.61. The Morgan fingerprint density at radius 3 is 2.61 bits per heavy atom. The van der Waals surface area contributed by atoms with Gasteiger partial charge in [0.1, 0.15) is 0 Å². The number of carbonyl (C=O) groups is 1. The highest BCUT2D eigenvalue weighted by atomic mass is 35.5. The van der Waals surface area contributed by atoms with Crippen LogP contribution in [0.2, 0.25) is 5.02 Å². The lowest BCUT2D eigenvalue weighted by Crippen LogP contribution is -2.42. The Bertz CT molecular complexity index is 458. The molecule has 1 aliphatic rings. The molecular weight excluding hydrogens is 254 g/mol. The van der Waals surface area contributed by atoms with Crippen LogP contribution in [-0.4, -0.2) is 25.2 Å². The van der Waals surface area contributed by atoms with E-state index < -0.39 is 12.1 Å². The van der Waals surface area contributed by atoms with Crippen molar-refractivity contribution in [1.29, 1.82) is 0 Å². The van der Waals surface area contributed by atoms with E-state index in [4.69, 9.17) is 16.4 Å². The van der Waals surface area contributed by atoms with E-state index in [9.17, 15) is 4.79 Å². The van der Waals surface area contributed by atoms with Gasteiger partial charge in [0.15, 0.2) is 0 Å². The van der Waals surface area contributed by atoms with Crippen LogP contribution < -0.4 is 5.06 Å². The maximum Gasteiger partial charge on any atom is 0.341 e. The number of hydrogen-bond acceptors (Lipinski definition) is 4. The third kappa shape index (κ3) is 2.66. The van der Waals surface area contributed by atoms with Crippen LogP contribution >= 0.6 is 11.6 Å². The van der Waals surface area contributed by atoms with Crippen molar-refractivity contribution in [2.24, 2.45) is 0 Å². The van der Waals surface area contributed by atoms with E-state index in [2.05, 4.69) is 4.74 Å².